The Morgan fingerprint density at radius 3 is 2.96 bits per heavy atom. The third kappa shape index (κ3) is 3.83. The minimum Gasteiger partial charge on any atom is -0.371 e. The van der Waals surface area contributed by atoms with Crippen LogP contribution in [0.25, 0.3) is 10.9 Å². The van der Waals surface area contributed by atoms with Gasteiger partial charge in [-0.2, -0.15) is 0 Å². The number of hydrogen-bond donors (Lipinski definition) is 2. The lowest BCUT2D eigenvalue weighted by Gasteiger charge is -2.07. The zero-order valence-electron chi connectivity index (χ0n) is 14.8. The van der Waals surface area contributed by atoms with Crippen molar-refractivity contribution in [3.05, 3.63) is 35.5 Å². The number of ether oxygens (including phenoxy) is 1. The molecule has 4 rings (SSSR count). The first-order valence-electron chi connectivity index (χ1n) is 8.70. The van der Waals surface area contributed by atoms with E-state index in [2.05, 4.69) is 20.8 Å². The van der Waals surface area contributed by atoms with Crippen molar-refractivity contribution in [1.29, 1.82) is 0 Å². The van der Waals surface area contributed by atoms with Crippen LogP contribution in [0.3, 0.4) is 0 Å². The Morgan fingerprint density at radius 2 is 2.19 bits per heavy atom. The molecule has 1 aliphatic heterocycles. The summed E-state index contributed by atoms with van der Waals surface area (Å²) in [6, 6.07) is 7.48. The lowest BCUT2D eigenvalue weighted by Crippen LogP contribution is -2.18. The molecule has 1 aliphatic rings. The number of fused-ring (bicyclic) bond motifs is 1. The van der Waals surface area contributed by atoms with Gasteiger partial charge in [0.05, 0.1) is 11.2 Å². The summed E-state index contributed by atoms with van der Waals surface area (Å²) in [6.07, 6.45) is 3.78. The second kappa shape index (κ2) is 7.45. The smallest absolute Gasteiger partial charge is 0.246 e. The van der Waals surface area contributed by atoms with Gasteiger partial charge in [0.2, 0.25) is 16.9 Å². The van der Waals surface area contributed by atoms with Crippen LogP contribution in [-0.4, -0.2) is 33.2 Å². The molecule has 3 aromatic rings. The Morgan fingerprint density at radius 1 is 1.30 bits per heavy atom. The quantitative estimate of drug-likeness (QED) is 0.704. The van der Waals surface area contributed by atoms with Gasteiger partial charge in [-0.15, -0.1) is 10.2 Å². The highest BCUT2D eigenvalue weighted by Gasteiger charge is 2.22. The number of hydrogen-bond acceptors (Lipinski definition) is 6. The first-order valence-corrected chi connectivity index (χ1v) is 9.52. The lowest BCUT2D eigenvalue weighted by atomic mass is 10.2. The monoisotopic (exact) mass is 385 g/mol. The number of amides is 2. The summed E-state index contributed by atoms with van der Waals surface area (Å²) in [5.74, 6) is -0.321. The number of benzene rings is 1. The van der Waals surface area contributed by atoms with Crippen LogP contribution >= 0.6 is 11.3 Å². The number of nitrogens with zero attached hydrogens (tertiary/aromatic N) is 3. The van der Waals surface area contributed by atoms with E-state index in [-0.39, 0.29) is 24.5 Å². The van der Waals surface area contributed by atoms with Gasteiger partial charge >= 0.3 is 0 Å². The number of rotatable bonds is 5. The molecule has 3 heterocycles. The van der Waals surface area contributed by atoms with Crippen LogP contribution in [0, 0.1) is 0 Å². The van der Waals surface area contributed by atoms with Crippen LogP contribution in [-0.2, 0) is 20.9 Å². The fraction of sp³-hybridized carbons (Fsp3) is 0.333. The van der Waals surface area contributed by atoms with Gasteiger partial charge in [-0.1, -0.05) is 17.4 Å². The molecule has 2 aromatic heterocycles. The molecule has 1 aromatic carbocycles. The molecule has 0 spiro atoms. The van der Waals surface area contributed by atoms with E-state index in [1.54, 1.807) is 0 Å². The van der Waals surface area contributed by atoms with E-state index in [4.69, 9.17) is 4.74 Å². The van der Waals surface area contributed by atoms with Gasteiger partial charge in [0.1, 0.15) is 17.7 Å². The Balaban J connectivity index is 1.46. The first kappa shape index (κ1) is 17.6. The molecule has 9 heteroatoms. The minimum absolute atomic E-state index is 0.00579. The molecule has 0 radical (unpaired) electrons. The maximum atomic E-state index is 12.4. The van der Waals surface area contributed by atoms with Gasteiger partial charge in [0.15, 0.2) is 0 Å². The highest BCUT2D eigenvalue weighted by molar-refractivity contribution is 7.15. The fourth-order valence-electron chi connectivity index (χ4n) is 3.16. The van der Waals surface area contributed by atoms with Crippen molar-refractivity contribution < 1.29 is 14.3 Å². The summed E-state index contributed by atoms with van der Waals surface area (Å²) < 4.78 is 7.42. The van der Waals surface area contributed by atoms with Crippen molar-refractivity contribution in [2.45, 2.75) is 32.4 Å². The average Bonchev–Trinajstić information content (AvgIpc) is 3.35. The summed E-state index contributed by atoms with van der Waals surface area (Å²) in [7, 11) is 0. The number of carbonyl (C=O) groups is 2. The molecular weight excluding hydrogens is 366 g/mol. The second-order valence-electron chi connectivity index (χ2n) is 6.36. The molecule has 2 amide bonds. The first-order chi connectivity index (χ1) is 13.1. The Bertz CT molecular complexity index is 990. The SMILES string of the molecule is CC(=O)Nc1cccc2c1ccn2CC(=O)Nc1nnc(C2CCCO2)s1. The van der Waals surface area contributed by atoms with E-state index in [0.717, 1.165) is 41.0 Å². The Labute approximate surface area is 159 Å². The van der Waals surface area contributed by atoms with Crippen molar-refractivity contribution in [3.63, 3.8) is 0 Å². The molecule has 1 saturated heterocycles. The third-order valence-electron chi connectivity index (χ3n) is 4.33. The molecule has 1 atom stereocenters. The van der Waals surface area contributed by atoms with E-state index in [9.17, 15) is 9.59 Å². The van der Waals surface area contributed by atoms with Crippen LogP contribution < -0.4 is 10.6 Å². The fourth-order valence-corrected chi connectivity index (χ4v) is 4.00. The van der Waals surface area contributed by atoms with E-state index in [1.807, 2.05) is 35.0 Å². The molecule has 1 unspecified atom stereocenters. The van der Waals surface area contributed by atoms with Gasteiger partial charge in [-0.25, -0.2) is 0 Å². The number of nitrogens with one attached hydrogen (secondary N) is 2. The Hall–Kier alpha value is -2.78. The average molecular weight is 385 g/mol. The normalized spacial score (nSPS) is 16.6. The van der Waals surface area contributed by atoms with E-state index in [0.29, 0.717) is 5.13 Å². The maximum Gasteiger partial charge on any atom is 0.246 e. The van der Waals surface area contributed by atoms with Crippen LogP contribution in [0.1, 0.15) is 30.9 Å². The number of anilines is 2. The minimum atomic E-state index is -0.188. The Kier molecular flexibility index (Phi) is 4.87. The highest BCUT2D eigenvalue weighted by atomic mass is 32.1. The molecule has 2 N–H and O–H groups in total. The molecular formula is C18H19N5O3S. The van der Waals surface area contributed by atoms with Crippen molar-refractivity contribution >= 4 is 44.9 Å². The van der Waals surface area contributed by atoms with Crippen molar-refractivity contribution in [2.24, 2.45) is 0 Å². The lowest BCUT2D eigenvalue weighted by molar-refractivity contribution is -0.116. The molecule has 140 valence electrons. The van der Waals surface area contributed by atoms with Crippen LogP contribution in [0.15, 0.2) is 30.5 Å². The molecule has 0 aliphatic carbocycles. The maximum absolute atomic E-state index is 12.4. The van der Waals surface area contributed by atoms with Gasteiger partial charge in [-0.05, 0) is 31.0 Å². The van der Waals surface area contributed by atoms with Crippen molar-refractivity contribution in [1.82, 2.24) is 14.8 Å². The van der Waals surface area contributed by atoms with Gasteiger partial charge in [-0.3, -0.25) is 14.9 Å². The molecule has 0 bridgehead atoms. The number of carbonyl (C=O) groups excluding carboxylic acids is 2. The van der Waals surface area contributed by atoms with Crippen LogP contribution in [0.5, 0.6) is 0 Å². The van der Waals surface area contributed by atoms with Gasteiger partial charge < -0.3 is 14.6 Å². The highest BCUT2D eigenvalue weighted by Crippen LogP contribution is 2.32. The predicted octanol–water partition coefficient (Wildman–Crippen LogP) is 2.94. The predicted molar refractivity (Wildman–Crippen MR) is 103 cm³/mol. The largest absolute Gasteiger partial charge is 0.371 e. The summed E-state index contributed by atoms with van der Waals surface area (Å²) in [5.41, 5.74) is 1.60. The zero-order valence-corrected chi connectivity index (χ0v) is 15.6. The van der Waals surface area contributed by atoms with E-state index in [1.165, 1.54) is 18.3 Å². The third-order valence-corrected chi connectivity index (χ3v) is 5.26. The van der Waals surface area contributed by atoms with E-state index >= 15 is 0 Å². The van der Waals surface area contributed by atoms with E-state index < -0.39 is 0 Å². The number of aromatic nitrogens is 3. The standard InChI is InChI=1S/C18H19N5O3S/c1-11(24)19-13-4-2-5-14-12(13)7-8-23(14)10-16(25)20-18-22-21-17(27-18)15-6-3-9-26-15/h2,4-5,7-8,15H,3,6,9-10H2,1H3,(H,19,24)(H,20,22,25). The molecule has 1 fully saturated rings. The molecule has 8 nitrogen and oxygen atoms in total. The van der Waals surface area contributed by atoms with Crippen LogP contribution in [0.2, 0.25) is 0 Å². The summed E-state index contributed by atoms with van der Waals surface area (Å²) in [4.78, 5) is 23.8. The topological polar surface area (TPSA) is 98.1 Å². The van der Waals surface area contributed by atoms with Crippen LogP contribution in [0.4, 0.5) is 10.8 Å². The van der Waals surface area contributed by atoms with Gasteiger partial charge in [0.25, 0.3) is 0 Å². The summed E-state index contributed by atoms with van der Waals surface area (Å²) in [5, 5.41) is 15.9. The second-order valence-corrected chi connectivity index (χ2v) is 7.37. The molecule has 0 saturated carbocycles. The summed E-state index contributed by atoms with van der Waals surface area (Å²) in [6.45, 7) is 2.35. The van der Waals surface area contributed by atoms with Crippen molar-refractivity contribution in [3.8, 4) is 0 Å². The van der Waals surface area contributed by atoms with Gasteiger partial charge in [0, 0.05) is 25.1 Å². The summed E-state index contributed by atoms with van der Waals surface area (Å²) >= 11 is 1.35. The van der Waals surface area contributed by atoms with Crippen molar-refractivity contribution in [2.75, 3.05) is 17.2 Å². The zero-order chi connectivity index (χ0) is 18.8. The molecule has 27 heavy (non-hydrogen) atoms.